The fourth-order valence-corrected chi connectivity index (χ4v) is 2.81. The van der Waals surface area contributed by atoms with Crippen molar-refractivity contribution in [2.45, 2.75) is 11.2 Å². The van der Waals surface area contributed by atoms with Crippen molar-refractivity contribution in [2.75, 3.05) is 0 Å². The van der Waals surface area contributed by atoms with Crippen LogP contribution in [0, 0.1) is 11.3 Å². The molecule has 0 unspecified atom stereocenters. The minimum atomic E-state index is -4.60. The lowest BCUT2D eigenvalue weighted by Crippen LogP contribution is -2.09. The third kappa shape index (κ3) is 3.01. The first-order chi connectivity index (χ1) is 9.64. The van der Waals surface area contributed by atoms with Crippen molar-refractivity contribution in [3.63, 3.8) is 0 Å². The van der Waals surface area contributed by atoms with E-state index < -0.39 is 25.8 Å². The second-order valence-corrected chi connectivity index (χ2v) is 6.35. The van der Waals surface area contributed by atoms with E-state index in [-0.39, 0.29) is 11.3 Å². The van der Waals surface area contributed by atoms with Gasteiger partial charge in [0.25, 0.3) is 9.05 Å². The summed E-state index contributed by atoms with van der Waals surface area (Å²) >= 11 is 0. The summed E-state index contributed by atoms with van der Waals surface area (Å²) in [6.45, 7) is 0. The number of rotatable bonds is 2. The number of hydrogen-bond donors (Lipinski definition) is 0. The molecule has 1 aromatic carbocycles. The molecule has 10 heteroatoms. The molecule has 0 spiro atoms. The maximum absolute atomic E-state index is 12.7. The maximum atomic E-state index is 12.7. The monoisotopic (exact) mass is 335 g/mol. The molecule has 1 heterocycles. The van der Waals surface area contributed by atoms with E-state index in [2.05, 4.69) is 5.10 Å². The number of benzene rings is 1. The Bertz CT molecular complexity index is 837. The minimum absolute atomic E-state index is 0.175. The molecule has 5 nitrogen and oxygen atoms in total. The van der Waals surface area contributed by atoms with E-state index >= 15 is 0 Å². The summed E-state index contributed by atoms with van der Waals surface area (Å²) in [5.74, 6) is 0. The Morgan fingerprint density at radius 1 is 1.33 bits per heavy atom. The zero-order chi connectivity index (χ0) is 15.8. The topological polar surface area (TPSA) is 75.8 Å². The maximum Gasteiger partial charge on any atom is 0.416 e. The number of hydrogen-bond acceptors (Lipinski definition) is 4. The smallest absolute Gasteiger partial charge is 0.220 e. The Morgan fingerprint density at radius 3 is 2.52 bits per heavy atom. The van der Waals surface area contributed by atoms with Gasteiger partial charge in [0, 0.05) is 10.7 Å². The molecule has 0 saturated carbocycles. The summed E-state index contributed by atoms with van der Waals surface area (Å²) < 4.78 is 61.6. The molecule has 0 aliphatic rings. The molecule has 2 aromatic rings. The standard InChI is InChI=1S/C11H5ClF3N3O2S/c12-21(19,20)10-7(5-16)6-17-18(10)9-3-1-2-8(4-9)11(13,14)15/h1-4,6H. The highest BCUT2D eigenvalue weighted by Crippen LogP contribution is 2.31. The van der Waals surface area contributed by atoms with Gasteiger partial charge in [-0.05, 0) is 18.2 Å². The minimum Gasteiger partial charge on any atom is -0.220 e. The van der Waals surface area contributed by atoms with Gasteiger partial charge in [-0.2, -0.15) is 23.5 Å². The van der Waals surface area contributed by atoms with Gasteiger partial charge >= 0.3 is 6.18 Å². The first-order valence-electron chi connectivity index (χ1n) is 5.25. The van der Waals surface area contributed by atoms with Crippen molar-refractivity contribution in [3.05, 3.63) is 41.6 Å². The summed E-state index contributed by atoms with van der Waals surface area (Å²) in [6, 6.07) is 5.41. The summed E-state index contributed by atoms with van der Waals surface area (Å²) in [5.41, 5.74) is -1.51. The first kappa shape index (κ1) is 15.3. The quantitative estimate of drug-likeness (QED) is 0.791. The van der Waals surface area contributed by atoms with Crippen LogP contribution in [0.3, 0.4) is 0 Å². The van der Waals surface area contributed by atoms with Gasteiger partial charge in [-0.3, -0.25) is 0 Å². The molecule has 0 N–H and O–H groups in total. The van der Waals surface area contributed by atoms with Crippen LogP contribution in [0.25, 0.3) is 5.69 Å². The predicted octanol–water partition coefficient (Wildman–Crippen LogP) is 2.69. The van der Waals surface area contributed by atoms with Crippen LogP contribution < -0.4 is 0 Å². The van der Waals surface area contributed by atoms with Gasteiger partial charge in [-0.15, -0.1) is 0 Å². The van der Waals surface area contributed by atoms with Crippen molar-refractivity contribution in [2.24, 2.45) is 0 Å². The molecule has 21 heavy (non-hydrogen) atoms. The average Bonchev–Trinajstić information content (AvgIpc) is 2.81. The number of nitriles is 1. The van der Waals surface area contributed by atoms with E-state index in [0.717, 1.165) is 18.3 Å². The molecule has 0 amide bonds. The molecule has 1 aromatic heterocycles. The molecule has 0 aliphatic carbocycles. The highest BCUT2D eigenvalue weighted by atomic mass is 35.7. The fourth-order valence-electron chi connectivity index (χ4n) is 1.65. The molecule has 0 bridgehead atoms. The SMILES string of the molecule is N#Cc1cnn(-c2cccc(C(F)(F)F)c2)c1S(=O)(=O)Cl. The fraction of sp³-hybridized carbons (Fsp3) is 0.0909. The molecule has 0 aliphatic heterocycles. The molecular weight excluding hydrogens is 331 g/mol. The summed E-state index contributed by atoms with van der Waals surface area (Å²) in [5, 5.41) is 11.8. The van der Waals surface area contributed by atoms with Crippen LogP contribution in [0.15, 0.2) is 35.5 Å². The van der Waals surface area contributed by atoms with Crippen LogP contribution in [0.2, 0.25) is 0 Å². The van der Waals surface area contributed by atoms with Crippen molar-refractivity contribution >= 4 is 19.7 Å². The molecule has 2 rings (SSSR count). The third-order valence-electron chi connectivity index (χ3n) is 2.49. The van der Waals surface area contributed by atoms with Crippen LogP contribution in [0.4, 0.5) is 13.2 Å². The van der Waals surface area contributed by atoms with Gasteiger partial charge < -0.3 is 0 Å². The van der Waals surface area contributed by atoms with Crippen LogP contribution in [-0.2, 0) is 15.2 Å². The Hall–Kier alpha value is -2.05. The number of aromatic nitrogens is 2. The average molecular weight is 336 g/mol. The van der Waals surface area contributed by atoms with Crippen molar-refractivity contribution in [3.8, 4) is 11.8 Å². The van der Waals surface area contributed by atoms with E-state index in [9.17, 15) is 21.6 Å². The lowest BCUT2D eigenvalue weighted by Gasteiger charge is -2.10. The molecule has 0 saturated heterocycles. The van der Waals surface area contributed by atoms with Gasteiger partial charge in [0.1, 0.15) is 11.6 Å². The summed E-state index contributed by atoms with van der Waals surface area (Å²) in [6.07, 6.45) is -3.68. The largest absolute Gasteiger partial charge is 0.416 e. The predicted molar refractivity (Wildman–Crippen MR) is 66.3 cm³/mol. The van der Waals surface area contributed by atoms with Gasteiger partial charge in [0.05, 0.1) is 17.4 Å². The van der Waals surface area contributed by atoms with E-state index in [4.69, 9.17) is 15.9 Å². The normalized spacial score (nSPS) is 12.1. The lowest BCUT2D eigenvalue weighted by molar-refractivity contribution is -0.137. The van der Waals surface area contributed by atoms with Crippen molar-refractivity contribution in [1.29, 1.82) is 5.26 Å². The van der Waals surface area contributed by atoms with Crippen LogP contribution in [-0.4, -0.2) is 18.2 Å². The Balaban J connectivity index is 2.70. The Morgan fingerprint density at radius 2 is 2.00 bits per heavy atom. The molecule has 0 atom stereocenters. The van der Waals surface area contributed by atoms with Crippen LogP contribution in [0.1, 0.15) is 11.1 Å². The van der Waals surface area contributed by atoms with E-state index in [0.29, 0.717) is 10.7 Å². The van der Waals surface area contributed by atoms with Gasteiger partial charge in [-0.1, -0.05) is 6.07 Å². The van der Waals surface area contributed by atoms with Gasteiger partial charge in [-0.25, -0.2) is 13.1 Å². The van der Waals surface area contributed by atoms with E-state index in [1.165, 1.54) is 6.07 Å². The molecule has 0 radical (unpaired) electrons. The van der Waals surface area contributed by atoms with Crippen LogP contribution >= 0.6 is 10.7 Å². The van der Waals surface area contributed by atoms with E-state index in [1.807, 2.05) is 0 Å². The van der Waals surface area contributed by atoms with E-state index in [1.54, 1.807) is 6.07 Å². The summed E-state index contributed by atoms with van der Waals surface area (Å²) in [7, 11) is 0.846. The number of alkyl halides is 3. The zero-order valence-corrected chi connectivity index (χ0v) is 11.5. The van der Waals surface area contributed by atoms with Gasteiger partial charge in [0.2, 0.25) is 0 Å². The Labute approximate surface area is 121 Å². The highest BCUT2D eigenvalue weighted by molar-refractivity contribution is 8.13. The van der Waals surface area contributed by atoms with Crippen LogP contribution in [0.5, 0.6) is 0 Å². The second-order valence-electron chi connectivity index (χ2n) is 3.87. The molecular formula is C11H5ClF3N3O2S. The first-order valence-corrected chi connectivity index (χ1v) is 7.56. The number of halogens is 4. The number of nitrogens with zero attached hydrogens (tertiary/aromatic N) is 3. The lowest BCUT2D eigenvalue weighted by atomic mass is 10.2. The second kappa shape index (κ2) is 5.05. The van der Waals surface area contributed by atoms with Crippen molar-refractivity contribution < 1.29 is 21.6 Å². The third-order valence-corrected chi connectivity index (χ3v) is 3.79. The summed E-state index contributed by atoms with van der Waals surface area (Å²) in [4.78, 5) is 0. The molecule has 0 fully saturated rings. The van der Waals surface area contributed by atoms with Crippen molar-refractivity contribution in [1.82, 2.24) is 9.78 Å². The highest BCUT2D eigenvalue weighted by Gasteiger charge is 2.31. The Kier molecular flexibility index (Phi) is 3.69. The zero-order valence-electron chi connectivity index (χ0n) is 9.96. The van der Waals surface area contributed by atoms with Gasteiger partial charge in [0.15, 0.2) is 5.03 Å². The molecule has 110 valence electrons.